The molecule has 0 spiro atoms. The van der Waals surface area contributed by atoms with Gasteiger partial charge in [-0.15, -0.1) is 16.4 Å². The Bertz CT molecular complexity index is 860. The minimum Gasteiger partial charge on any atom is -0.360 e. The van der Waals surface area contributed by atoms with E-state index in [4.69, 9.17) is 4.52 Å². The molecule has 0 aromatic carbocycles. The number of aryl methyl sites for hydroxylation is 2. The number of rotatable bonds is 5. The molecule has 0 amide bonds. The summed E-state index contributed by atoms with van der Waals surface area (Å²) in [4.78, 5) is 0.0677. The first kappa shape index (κ1) is 14.9. The molecule has 1 N–H and O–H groups in total. The lowest BCUT2D eigenvalue weighted by Gasteiger charge is -2.03. The highest BCUT2D eigenvalue weighted by atomic mass is 32.2. The number of hydrogen-bond donors (Lipinski definition) is 1. The van der Waals surface area contributed by atoms with Crippen LogP contribution in [0.4, 0.5) is 0 Å². The lowest BCUT2D eigenvalue weighted by Crippen LogP contribution is -2.24. The van der Waals surface area contributed by atoms with Gasteiger partial charge in [-0.2, -0.15) is 0 Å². The van der Waals surface area contributed by atoms with Gasteiger partial charge in [-0.05, 0) is 31.4 Å². The van der Waals surface area contributed by atoms with Gasteiger partial charge < -0.3 is 4.52 Å². The Balaban J connectivity index is 1.75. The van der Waals surface area contributed by atoms with E-state index in [1.165, 1.54) is 11.3 Å². The molecule has 116 valence electrons. The molecule has 0 bridgehead atoms. The molecule has 3 rings (SSSR count). The van der Waals surface area contributed by atoms with Gasteiger partial charge >= 0.3 is 0 Å². The molecule has 3 aromatic rings. The molecular formula is C12H13N5O3S2. The van der Waals surface area contributed by atoms with Gasteiger partial charge in [-0.1, -0.05) is 10.4 Å². The Kier molecular flexibility index (Phi) is 3.81. The summed E-state index contributed by atoms with van der Waals surface area (Å²) in [6.45, 7) is 3.18. The van der Waals surface area contributed by atoms with Gasteiger partial charge in [0.15, 0.2) is 5.76 Å². The quantitative estimate of drug-likeness (QED) is 0.754. The summed E-state index contributed by atoms with van der Waals surface area (Å²) in [7, 11) is -3.70. The van der Waals surface area contributed by atoms with Crippen molar-refractivity contribution in [3.05, 3.63) is 40.9 Å². The summed E-state index contributed by atoms with van der Waals surface area (Å²) < 4.78 is 33.5. The van der Waals surface area contributed by atoms with Crippen molar-refractivity contribution in [3.63, 3.8) is 0 Å². The summed E-state index contributed by atoms with van der Waals surface area (Å²) in [5.74, 6) is 0.257. The van der Waals surface area contributed by atoms with Crippen molar-refractivity contribution in [2.45, 2.75) is 25.3 Å². The molecule has 10 heteroatoms. The van der Waals surface area contributed by atoms with Crippen LogP contribution in [0.25, 0.3) is 5.00 Å². The Morgan fingerprint density at radius 1 is 1.41 bits per heavy atom. The molecule has 0 saturated carbocycles. The molecule has 0 radical (unpaired) electrons. The fourth-order valence-corrected chi connectivity index (χ4v) is 3.96. The Morgan fingerprint density at radius 3 is 2.86 bits per heavy atom. The molecule has 3 heterocycles. The van der Waals surface area contributed by atoms with Crippen LogP contribution in [0.15, 0.2) is 33.1 Å². The first-order chi connectivity index (χ1) is 10.5. The number of nitrogens with zero attached hydrogens (tertiary/aromatic N) is 4. The molecule has 0 atom stereocenters. The highest BCUT2D eigenvalue weighted by Crippen LogP contribution is 2.19. The van der Waals surface area contributed by atoms with Crippen LogP contribution in [0.2, 0.25) is 0 Å². The monoisotopic (exact) mass is 339 g/mol. The summed E-state index contributed by atoms with van der Waals surface area (Å²) >= 11 is 1.52. The molecule has 0 aliphatic carbocycles. The van der Waals surface area contributed by atoms with E-state index >= 15 is 0 Å². The van der Waals surface area contributed by atoms with E-state index in [1.54, 1.807) is 24.7 Å². The van der Waals surface area contributed by atoms with Gasteiger partial charge in [0.25, 0.3) is 0 Å². The topological polar surface area (TPSA) is 103 Å². The average molecular weight is 339 g/mol. The molecular weight excluding hydrogens is 326 g/mol. The second-order valence-corrected chi connectivity index (χ2v) is 7.21. The highest BCUT2D eigenvalue weighted by Gasteiger charge is 2.24. The van der Waals surface area contributed by atoms with E-state index in [-0.39, 0.29) is 17.2 Å². The maximum Gasteiger partial charge on any atom is 0.246 e. The standard InChI is InChI=1S/C12H13N5O3S2/c1-8-12(9(2)20-15-8)22(18,19)13-6-10-7-17(16-14-10)11-4-3-5-21-11/h3-5,7,13H,6H2,1-2H3. The van der Waals surface area contributed by atoms with Crippen molar-refractivity contribution in [1.82, 2.24) is 24.9 Å². The third kappa shape index (κ3) is 2.80. The third-order valence-electron chi connectivity index (χ3n) is 2.95. The number of sulfonamides is 1. The molecule has 0 unspecified atom stereocenters. The summed E-state index contributed by atoms with van der Waals surface area (Å²) in [6, 6.07) is 3.80. The van der Waals surface area contributed by atoms with Crippen molar-refractivity contribution in [1.29, 1.82) is 0 Å². The lowest BCUT2D eigenvalue weighted by molar-refractivity contribution is 0.390. The predicted molar refractivity (Wildman–Crippen MR) is 79.2 cm³/mol. The second kappa shape index (κ2) is 5.63. The van der Waals surface area contributed by atoms with Crippen LogP contribution in [0.1, 0.15) is 17.1 Å². The van der Waals surface area contributed by atoms with Gasteiger partial charge in [0.1, 0.15) is 15.6 Å². The summed E-state index contributed by atoms with van der Waals surface area (Å²) in [5.41, 5.74) is 0.843. The number of thiophene rings is 1. The molecule has 0 aliphatic rings. The highest BCUT2D eigenvalue weighted by molar-refractivity contribution is 7.89. The third-order valence-corrected chi connectivity index (χ3v) is 5.46. The first-order valence-corrected chi connectivity index (χ1v) is 8.71. The van der Waals surface area contributed by atoms with E-state index in [0.717, 1.165) is 5.00 Å². The average Bonchev–Trinajstić information content (AvgIpc) is 3.17. The SMILES string of the molecule is Cc1noc(C)c1S(=O)(=O)NCc1cn(-c2cccs2)nn1. The number of hydrogen-bond acceptors (Lipinski definition) is 7. The fraction of sp³-hybridized carbons (Fsp3) is 0.250. The van der Waals surface area contributed by atoms with Crippen molar-refractivity contribution in [2.75, 3.05) is 0 Å². The maximum absolute atomic E-state index is 12.3. The second-order valence-electron chi connectivity index (χ2n) is 4.58. The van der Waals surface area contributed by atoms with Gasteiger partial charge in [-0.25, -0.2) is 17.8 Å². The number of nitrogens with one attached hydrogen (secondary N) is 1. The van der Waals surface area contributed by atoms with Gasteiger partial charge in [-0.3, -0.25) is 0 Å². The Hall–Kier alpha value is -2.04. The van der Waals surface area contributed by atoms with E-state index < -0.39 is 10.0 Å². The lowest BCUT2D eigenvalue weighted by atomic mass is 10.4. The van der Waals surface area contributed by atoms with Crippen molar-refractivity contribution >= 4 is 21.4 Å². The smallest absolute Gasteiger partial charge is 0.246 e. The molecule has 3 aromatic heterocycles. The molecule has 0 fully saturated rings. The van der Waals surface area contributed by atoms with Crippen LogP contribution in [-0.2, 0) is 16.6 Å². The molecule has 0 aliphatic heterocycles. The first-order valence-electron chi connectivity index (χ1n) is 6.35. The number of aromatic nitrogens is 4. The van der Waals surface area contributed by atoms with E-state index in [2.05, 4.69) is 20.2 Å². The zero-order valence-electron chi connectivity index (χ0n) is 11.8. The van der Waals surface area contributed by atoms with E-state index in [0.29, 0.717) is 11.4 Å². The van der Waals surface area contributed by atoms with Crippen LogP contribution >= 0.6 is 11.3 Å². The van der Waals surface area contributed by atoms with Crippen LogP contribution in [0.3, 0.4) is 0 Å². The fourth-order valence-electron chi connectivity index (χ4n) is 1.99. The zero-order chi connectivity index (χ0) is 15.7. The van der Waals surface area contributed by atoms with E-state index in [1.807, 2.05) is 17.5 Å². The van der Waals surface area contributed by atoms with E-state index in [9.17, 15) is 8.42 Å². The van der Waals surface area contributed by atoms with Crippen molar-refractivity contribution < 1.29 is 12.9 Å². The molecule has 8 nitrogen and oxygen atoms in total. The van der Waals surface area contributed by atoms with Crippen molar-refractivity contribution in [3.8, 4) is 5.00 Å². The largest absolute Gasteiger partial charge is 0.360 e. The predicted octanol–water partition coefficient (Wildman–Crippen LogP) is 1.41. The van der Waals surface area contributed by atoms with Crippen LogP contribution in [0.5, 0.6) is 0 Å². The van der Waals surface area contributed by atoms with Gasteiger partial charge in [0.2, 0.25) is 10.0 Å². The van der Waals surface area contributed by atoms with Gasteiger partial charge in [0, 0.05) is 0 Å². The minimum atomic E-state index is -3.70. The Morgan fingerprint density at radius 2 is 2.23 bits per heavy atom. The summed E-state index contributed by atoms with van der Waals surface area (Å²) in [6.07, 6.45) is 1.68. The molecule has 0 saturated heterocycles. The summed E-state index contributed by atoms with van der Waals surface area (Å²) in [5, 5.41) is 14.4. The van der Waals surface area contributed by atoms with Gasteiger partial charge in [0.05, 0.1) is 18.4 Å². The van der Waals surface area contributed by atoms with Crippen LogP contribution in [-0.4, -0.2) is 28.6 Å². The Labute approximate surface area is 130 Å². The van der Waals surface area contributed by atoms with Crippen LogP contribution in [0, 0.1) is 13.8 Å². The minimum absolute atomic E-state index is 0.0395. The normalized spacial score (nSPS) is 11.9. The van der Waals surface area contributed by atoms with Crippen molar-refractivity contribution in [2.24, 2.45) is 0 Å². The maximum atomic E-state index is 12.3. The zero-order valence-corrected chi connectivity index (χ0v) is 13.5. The molecule has 22 heavy (non-hydrogen) atoms. The van der Waals surface area contributed by atoms with Crippen LogP contribution < -0.4 is 4.72 Å².